The average molecular weight is 732 g/mol. The van der Waals surface area contributed by atoms with Crippen LogP contribution in [0, 0.1) is 24.0 Å². The number of benzene rings is 1. The number of aromatic amines is 2. The zero-order chi connectivity index (χ0) is 36.9. The maximum atomic E-state index is 14.1. The summed E-state index contributed by atoms with van der Waals surface area (Å²) in [4.78, 5) is 69.3. The van der Waals surface area contributed by atoms with Gasteiger partial charge in [0, 0.05) is 58.3 Å². The second-order valence-electron chi connectivity index (χ2n) is 11.5. The van der Waals surface area contributed by atoms with E-state index in [9.17, 15) is 33.9 Å². The van der Waals surface area contributed by atoms with Crippen LogP contribution in [-0.2, 0) is 34.2 Å². The molecule has 23 nitrogen and oxygen atoms in total. The van der Waals surface area contributed by atoms with Crippen LogP contribution in [-0.4, -0.2) is 61.5 Å². The first-order valence-corrected chi connectivity index (χ1v) is 16.6. The molecule has 5 rings (SSSR count). The zero-order valence-electron chi connectivity index (χ0n) is 26.8. The minimum absolute atomic E-state index is 0.0298. The number of non-ortho nitro benzene ring substituents is 1. The lowest BCUT2D eigenvalue weighted by atomic mass is 10.1. The van der Waals surface area contributed by atoms with Crippen molar-refractivity contribution in [1.29, 1.82) is 0 Å². The van der Waals surface area contributed by atoms with Crippen LogP contribution in [0.1, 0.15) is 42.0 Å². The Labute approximate surface area is 284 Å². The van der Waals surface area contributed by atoms with E-state index in [0.29, 0.717) is 0 Å². The van der Waals surface area contributed by atoms with Crippen LogP contribution in [0.25, 0.3) is 20.9 Å². The van der Waals surface area contributed by atoms with Crippen LogP contribution in [0.5, 0.6) is 0 Å². The highest BCUT2D eigenvalue weighted by Gasteiger charge is 2.42. The minimum atomic E-state index is -4.68. The van der Waals surface area contributed by atoms with Crippen LogP contribution >= 0.6 is 7.82 Å². The van der Waals surface area contributed by atoms with E-state index in [1.165, 1.54) is 50.5 Å². The number of aromatic nitrogens is 4. The summed E-state index contributed by atoms with van der Waals surface area (Å²) >= 11 is 0. The van der Waals surface area contributed by atoms with Gasteiger partial charge in [0.1, 0.15) is 12.5 Å². The highest BCUT2D eigenvalue weighted by Crippen LogP contribution is 2.52. The molecule has 2 saturated heterocycles. The fraction of sp³-hybridized carbons (Fsp3) is 0.481. The molecule has 2 aliphatic heterocycles. The molecule has 0 saturated carbocycles. The highest BCUT2D eigenvalue weighted by atomic mass is 31.2. The summed E-state index contributed by atoms with van der Waals surface area (Å²) in [5.74, 6) is 0. The molecular weight excluding hydrogens is 701 g/mol. The van der Waals surface area contributed by atoms with Gasteiger partial charge in [-0.15, -0.1) is 0 Å². The Morgan fingerprint density at radius 1 is 0.902 bits per heavy atom. The van der Waals surface area contributed by atoms with Gasteiger partial charge in [-0.1, -0.05) is 22.4 Å². The van der Waals surface area contributed by atoms with Crippen LogP contribution in [0.15, 0.2) is 66.1 Å². The Morgan fingerprint density at radius 2 is 1.39 bits per heavy atom. The van der Waals surface area contributed by atoms with Crippen LogP contribution in [0.2, 0.25) is 0 Å². The number of nitro groups is 1. The van der Waals surface area contributed by atoms with Gasteiger partial charge in [0.15, 0.2) is 0 Å². The van der Waals surface area contributed by atoms with E-state index in [2.05, 4.69) is 30.0 Å². The highest BCUT2D eigenvalue weighted by molar-refractivity contribution is 7.48. The normalized spacial score (nSPS) is 24.0. The molecule has 270 valence electrons. The molecule has 0 bridgehead atoms. The van der Waals surface area contributed by atoms with Crippen molar-refractivity contribution in [2.75, 3.05) is 13.2 Å². The van der Waals surface area contributed by atoms with Crippen molar-refractivity contribution >= 4 is 13.5 Å². The van der Waals surface area contributed by atoms with Gasteiger partial charge >= 0.3 is 19.2 Å². The molecule has 0 aliphatic carbocycles. The van der Waals surface area contributed by atoms with Crippen LogP contribution in [0.4, 0.5) is 5.69 Å². The van der Waals surface area contributed by atoms with Crippen molar-refractivity contribution in [3.63, 3.8) is 0 Å². The maximum absolute atomic E-state index is 14.1. The molecule has 24 heteroatoms. The monoisotopic (exact) mass is 731 g/mol. The molecule has 0 radical (unpaired) electrons. The summed E-state index contributed by atoms with van der Waals surface area (Å²) in [6.07, 6.45) is -1.77. The lowest BCUT2D eigenvalue weighted by Gasteiger charge is -2.23. The lowest BCUT2D eigenvalue weighted by Crippen LogP contribution is -2.33. The second-order valence-corrected chi connectivity index (χ2v) is 13.1. The van der Waals surface area contributed by atoms with E-state index in [1.807, 2.05) is 0 Å². The topological polar surface area (TPSA) is 314 Å². The standard InChI is InChI=1S/C27H30N11O12P/c1-14-9-36(26(41)30-24(14)39)22-7-18(32-34-28)20(49-22)12-47-51(45,46-11-16-4-3-5-17(6-16)38(43)44)48-13-21-19(33-35-29)8-23(50-21)37-10-15(2)25(40)31-27(37)42/h3-6,9-10,18-23H,7-8,11-13H2,1-2H3,(H,30,39,41)(H,31,40,42)/t18-,19-,20+,21+,22+,23+/m0/s1. The Morgan fingerprint density at radius 3 is 1.84 bits per heavy atom. The number of aryl methyl sites for hydroxylation is 2. The van der Waals surface area contributed by atoms with Gasteiger partial charge in [-0.2, -0.15) is 0 Å². The number of H-pyrrole nitrogens is 2. The van der Waals surface area contributed by atoms with Gasteiger partial charge in [0.25, 0.3) is 16.8 Å². The summed E-state index contributed by atoms with van der Waals surface area (Å²) in [5, 5.41) is 18.7. The first-order valence-electron chi connectivity index (χ1n) is 15.1. The fourth-order valence-electron chi connectivity index (χ4n) is 5.40. The Hall–Kier alpha value is -5.37. The minimum Gasteiger partial charge on any atom is -0.352 e. The number of hydrogen-bond acceptors (Lipinski definition) is 14. The first-order chi connectivity index (χ1) is 24.3. The predicted molar refractivity (Wildman–Crippen MR) is 172 cm³/mol. The number of nitro benzene ring substituents is 1. The Kier molecular flexibility index (Phi) is 11.3. The smallest absolute Gasteiger partial charge is 0.352 e. The number of azide groups is 2. The number of ether oxygens (including phenoxy) is 2. The zero-order valence-corrected chi connectivity index (χ0v) is 27.7. The summed E-state index contributed by atoms with van der Waals surface area (Å²) < 4.78 is 45.0. The van der Waals surface area contributed by atoms with Crippen LogP contribution < -0.4 is 22.5 Å². The van der Waals surface area contributed by atoms with Gasteiger partial charge in [0.2, 0.25) is 0 Å². The molecule has 0 amide bonds. The number of hydrogen-bond donors (Lipinski definition) is 2. The third-order valence-corrected chi connectivity index (χ3v) is 9.40. The van der Waals surface area contributed by atoms with Gasteiger partial charge in [-0.05, 0) is 30.5 Å². The van der Waals surface area contributed by atoms with Crippen molar-refractivity contribution in [2.24, 2.45) is 10.2 Å². The molecule has 4 heterocycles. The predicted octanol–water partition coefficient (Wildman–Crippen LogP) is 2.90. The Bertz CT molecular complexity index is 2070. The quantitative estimate of drug-likeness (QED) is 0.0604. The summed E-state index contributed by atoms with van der Waals surface area (Å²) in [7, 11) is -4.68. The first kappa shape index (κ1) is 36.9. The molecular formula is C27H30N11O12P. The van der Waals surface area contributed by atoms with Crippen molar-refractivity contribution in [3.8, 4) is 0 Å². The molecule has 0 unspecified atom stereocenters. The molecule has 2 fully saturated rings. The number of phosphoric ester groups is 1. The second kappa shape index (κ2) is 15.7. The van der Waals surface area contributed by atoms with E-state index in [-0.39, 0.29) is 35.2 Å². The third-order valence-electron chi connectivity index (χ3n) is 8.03. The summed E-state index contributed by atoms with van der Waals surface area (Å²) in [6, 6.07) is 3.39. The molecule has 3 aromatic rings. The summed E-state index contributed by atoms with van der Waals surface area (Å²) in [5.41, 5.74) is 16.0. The number of phosphoric acid groups is 1. The third kappa shape index (κ3) is 8.69. The van der Waals surface area contributed by atoms with E-state index in [1.54, 1.807) is 0 Å². The van der Waals surface area contributed by atoms with E-state index in [0.717, 1.165) is 9.13 Å². The molecule has 51 heavy (non-hydrogen) atoms. The van der Waals surface area contributed by atoms with Gasteiger partial charge in [-0.25, -0.2) is 14.2 Å². The number of rotatable bonds is 14. The molecule has 0 spiro atoms. The largest absolute Gasteiger partial charge is 0.475 e. The van der Waals surface area contributed by atoms with E-state index < -0.39 is 91.8 Å². The number of nitrogens with one attached hydrogen (secondary N) is 2. The van der Waals surface area contributed by atoms with Gasteiger partial charge in [0.05, 0.1) is 49.0 Å². The fourth-order valence-corrected chi connectivity index (χ4v) is 6.59. The van der Waals surface area contributed by atoms with Crippen LogP contribution in [0.3, 0.4) is 0 Å². The Balaban J connectivity index is 1.37. The number of nitrogens with zero attached hydrogens (tertiary/aromatic N) is 9. The maximum Gasteiger partial charge on any atom is 0.475 e. The summed E-state index contributed by atoms with van der Waals surface area (Å²) in [6.45, 7) is 1.29. The molecule has 2 aliphatic rings. The van der Waals surface area contributed by atoms with Gasteiger partial charge < -0.3 is 9.47 Å². The van der Waals surface area contributed by atoms with Crippen molar-refractivity contribution in [1.82, 2.24) is 19.1 Å². The molecule has 6 atom stereocenters. The molecule has 1 aromatic carbocycles. The van der Waals surface area contributed by atoms with Crippen molar-refractivity contribution in [2.45, 2.75) is 70.0 Å². The van der Waals surface area contributed by atoms with Gasteiger partial charge in [-0.3, -0.25) is 52.4 Å². The van der Waals surface area contributed by atoms with E-state index >= 15 is 0 Å². The van der Waals surface area contributed by atoms with E-state index in [4.69, 9.17) is 34.1 Å². The SMILES string of the molecule is Cc1cn([C@H]2C[C@H](N=[N+]=[N-])[C@@H](COP(=O)(OCc3cccc([N+](=O)[O-])c3)OC[C@H]3O[C@@H](n4cc(C)c(=O)[nH]c4=O)C[C@@H]3N=[N+]=[N-])O2)c(=O)[nH]c1=O. The van der Waals surface area contributed by atoms with Crippen molar-refractivity contribution < 1.29 is 32.5 Å². The van der Waals surface area contributed by atoms with Crippen molar-refractivity contribution in [3.05, 3.63) is 126 Å². The lowest BCUT2D eigenvalue weighted by molar-refractivity contribution is -0.384. The molecule has 2 aromatic heterocycles. The average Bonchev–Trinajstić information content (AvgIpc) is 3.69. The molecule has 2 N–H and O–H groups in total.